The Labute approximate surface area is 251 Å². The predicted molar refractivity (Wildman–Crippen MR) is 171 cm³/mol. The van der Waals surface area contributed by atoms with Gasteiger partial charge >= 0.3 is 5.97 Å². The van der Waals surface area contributed by atoms with E-state index in [-0.39, 0.29) is 18.3 Å². The Kier molecular flexibility index (Phi) is 9.79. The van der Waals surface area contributed by atoms with Gasteiger partial charge in [-0.25, -0.2) is 0 Å². The number of hydrogen-bond acceptors (Lipinski definition) is 6. The van der Waals surface area contributed by atoms with Gasteiger partial charge in [-0.3, -0.25) is 13.9 Å². The number of rotatable bonds is 9. The van der Waals surface area contributed by atoms with Crippen LogP contribution in [-0.4, -0.2) is 40.3 Å². The molecule has 3 aromatic carbocycles. The highest BCUT2D eigenvalue weighted by Crippen LogP contribution is 2.45. The molecule has 42 heavy (non-hydrogen) atoms. The molecule has 3 aromatic rings. The summed E-state index contributed by atoms with van der Waals surface area (Å²) in [5.41, 5.74) is 8.51. The Hall–Kier alpha value is -3.44. The van der Waals surface area contributed by atoms with Gasteiger partial charge in [0.25, 0.3) is 0 Å². The second-order valence-electron chi connectivity index (χ2n) is 11.3. The van der Waals surface area contributed by atoms with Crippen molar-refractivity contribution in [2.75, 3.05) is 30.5 Å². The minimum atomic E-state index is -2.36. The highest BCUT2D eigenvalue weighted by atomic mass is 32.3. The van der Waals surface area contributed by atoms with E-state index >= 15 is 0 Å². The van der Waals surface area contributed by atoms with Crippen molar-refractivity contribution in [2.24, 2.45) is 5.92 Å². The first-order valence-corrected chi connectivity index (χ1v) is 16.7. The quantitative estimate of drug-likeness (QED) is 0.176. The number of anilines is 1. The Morgan fingerprint density at radius 1 is 1.00 bits per heavy atom. The van der Waals surface area contributed by atoms with Gasteiger partial charge < -0.3 is 14.8 Å². The van der Waals surface area contributed by atoms with Crippen LogP contribution in [-0.2, 0) is 28.9 Å². The van der Waals surface area contributed by atoms with Gasteiger partial charge in [0.2, 0.25) is 0 Å². The van der Waals surface area contributed by atoms with E-state index in [1.165, 1.54) is 34.9 Å². The third-order valence-corrected chi connectivity index (χ3v) is 10.1. The molecule has 0 bridgehead atoms. The van der Waals surface area contributed by atoms with Crippen LogP contribution in [0.4, 0.5) is 5.69 Å². The zero-order chi connectivity index (χ0) is 29.5. The van der Waals surface area contributed by atoms with E-state index in [0.29, 0.717) is 30.6 Å². The molecule has 222 valence electrons. The second-order valence-corrected chi connectivity index (χ2v) is 13.8. The summed E-state index contributed by atoms with van der Waals surface area (Å²) in [7, 11) is -0.955. The molecular formula is C35H41NO5S. The van der Waals surface area contributed by atoms with Gasteiger partial charge in [0.05, 0.1) is 26.1 Å². The number of fused-ring (bicyclic) bond motifs is 3. The second kappa shape index (κ2) is 13.7. The molecular weight excluding hydrogens is 546 g/mol. The largest absolute Gasteiger partial charge is 0.493 e. The lowest BCUT2D eigenvalue weighted by Gasteiger charge is -2.39. The SMILES string of the molecule is CC#CC(CC(=O)OC)c1ccc(NCc2ccc3c(c2)-c2ccc(OCC4CCS(O)(O)CC4)cc2CCC3)cc1. The van der Waals surface area contributed by atoms with Gasteiger partial charge in [-0.2, -0.15) is 10.6 Å². The van der Waals surface area contributed by atoms with Crippen molar-refractivity contribution in [1.82, 2.24) is 0 Å². The molecule has 0 spiro atoms. The lowest BCUT2D eigenvalue weighted by molar-refractivity contribution is -0.140. The van der Waals surface area contributed by atoms with Crippen LogP contribution in [0.15, 0.2) is 60.7 Å². The average Bonchev–Trinajstić information content (AvgIpc) is 3.18. The zero-order valence-corrected chi connectivity index (χ0v) is 25.3. The summed E-state index contributed by atoms with van der Waals surface area (Å²) in [5.74, 6) is 7.87. The number of ether oxygens (including phenoxy) is 2. The minimum Gasteiger partial charge on any atom is -0.493 e. The molecule has 1 heterocycles. The van der Waals surface area contributed by atoms with Crippen LogP contribution in [0.2, 0.25) is 0 Å². The van der Waals surface area contributed by atoms with Crippen molar-refractivity contribution in [3.8, 4) is 28.7 Å². The molecule has 1 saturated heterocycles. The third-order valence-electron chi connectivity index (χ3n) is 8.35. The van der Waals surface area contributed by atoms with Gasteiger partial charge in [-0.1, -0.05) is 36.3 Å². The molecule has 0 saturated carbocycles. The van der Waals surface area contributed by atoms with Crippen molar-refractivity contribution in [3.05, 3.63) is 82.9 Å². The number of hydrogen-bond donors (Lipinski definition) is 3. The van der Waals surface area contributed by atoms with Crippen LogP contribution in [0.1, 0.15) is 60.8 Å². The molecule has 6 nitrogen and oxygen atoms in total. The number of carbonyl (C=O) groups is 1. The predicted octanol–water partition coefficient (Wildman–Crippen LogP) is 7.66. The van der Waals surface area contributed by atoms with Gasteiger partial charge in [-0.05, 0) is 109 Å². The van der Waals surface area contributed by atoms with Crippen LogP contribution in [0.3, 0.4) is 0 Å². The van der Waals surface area contributed by atoms with Crippen LogP contribution >= 0.6 is 10.6 Å². The number of methoxy groups -OCH3 is 1. The smallest absolute Gasteiger partial charge is 0.307 e. The summed E-state index contributed by atoms with van der Waals surface area (Å²) < 4.78 is 30.8. The minimum absolute atomic E-state index is 0.178. The fourth-order valence-corrected chi connectivity index (χ4v) is 7.48. The summed E-state index contributed by atoms with van der Waals surface area (Å²) in [6, 6.07) is 21.4. The highest BCUT2D eigenvalue weighted by Gasteiger charge is 2.25. The van der Waals surface area contributed by atoms with Crippen LogP contribution in [0.5, 0.6) is 5.75 Å². The molecule has 7 heteroatoms. The Balaban J connectivity index is 1.24. The lowest BCUT2D eigenvalue weighted by Crippen LogP contribution is -2.24. The third kappa shape index (κ3) is 7.69. The number of esters is 1. The van der Waals surface area contributed by atoms with Crippen molar-refractivity contribution >= 4 is 22.2 Å². The normalized spacial score (nSPS) is 17.3. The topological polar surface area (TPSA) is 88.0 Å². The molecule has 1 unspecified atom stereocenters. The maximum atomic E-state index is 11.8. The van der Waals surface area contributed by atoms with E-state index in [0.717, 1.165) is 49.1 Å². The summed E-state index contributed by atoms with van der Waals surface area (Å²) >= 11 is 0. The van der Waals surface area contributed by atoms with E-state index in [1.807, 2.05) is 24.3 Å². The van der Waals surface area contributed by atoms with E-state index in [1.54, 1.807) is 6.92 Å². The first-order chi connectivity index (χ1) is 20.3. The molecule has 5 rings (SSSR count). The molecule has 1 fully saturated rings. The zero-order valence-electron chi connectivity index (χ0n) is 24.5. The maximum Gasteiger partial charge on any atom is 0.307 e. The van der Waals surface area contributed by atoms with Gasteiger partial charge in [0.1, 0.15) is 5.75 Å². The number of aryl methyl sites for hydroxylation is 2. The molecule has 0 aromatic heterocycles. The first-order valence-electron chi connectivity index (χ1n) is 14.8. The molecule has 0 amide bonds. The van der Waals surface area contributed by atoms with E-state index in [2.05, 4.69) is 53.6 Å². The van der Waals surface area contributed by atoms with Crippen molar-refractivity contribution < 1.29 is 23.4 Å². The van der Waals surface area contributed by atoms with Gasteiger partial charge in [0.15, 0.2) is 0 Å². The molecule has 2 aliphatic rings. The average molecular weight is 588 g/mol. The monoisotopic (exact) mass is 587 g/mol. The summed E-state index contributed by atoms with van der Waals surface area (Å²) in [4.78, 5) is 11.8. The lowest BCUT2D eigenvalue weighted by atomic mass is 9.94. The summed E-state index contributed by atoms with van der Waals surface area (Å²) in [5, 5.41) is 3.54. The van der Waals surface area contributed by atoms with E-state index in [4.69, 9.17) is 9.47 Å². The molecule has 1 atom stereocenters. The van der Waals surface area contributed by atoms with E-state index < -0.39 is 10.6 Å². The first kappa shape index (κ1) is 30.0. The molecule has 1 aliphatic carbocycles. The van der Waals surface area contributed by atoms with Gasteiger partial charge in [-0.15, -0.1) is 5.92 Å². The fourth-order valence-electron chi connectivity index (χ4n) is 5.85. The summed E-state index contributed by atoms with van der Waals surface area (Å²) in [6.45, 7) is 3.11. The Morgan fingerprint density at radius 3 is 2.50 bits per heavy atom. The maximum absolute atomic E-state index is 11.8. The van der Waals surface area contributed by atoms with Gasteiger partial charge in [0, 0.05) is 23.7 Å². The molecule has 3 N–H and O–H groups in total. The van der Waals surface area contributed by atoms with Crippen LogP contribution in [0, 0.1) is 17.8 Å². The molecule has 0 radical (unpaired) electrons. The molecule has 1 aliphatic heterocycles. The van der Waals surface area contributed by atoms with Crippen molar-refractivity contribution in [1.29, 1.82) is 0 Å². The number of benzene rings is 3. The number of nitrogens with one attached hydrogen (secondary N) is 1. The highest BCUT2D eigenvalue weighted by molar-refractivity contribution is 8.24. The van der Waals surface area contributed by atoms with Crippen molar-refractivity contribution in [2.45, 2.75) is 57.9 Å². The van der Waals surface area contributed by atoms with Crippen LogP contribution < -0.4 is 10.1 Å². The van der Waals surface area contributed by atoms with Crippen molar-refractivity contribution in [3.63, 3.8) is 0 Å². The van der Waals surface area contributed by atoms with E-state index in [9.17, 15) is 13.9 Å². The standard InChI is InChI=1S/C35H41NO5S/c1-3-5-29(22-35(37)40-2)27-10-12-31(13-11-27)36-23-26-8-9-28-6-4-7-30-21-32(14-15-33(30)34(28)20-26)41-24-25-16-18-42(38,39)19-17-25/h8-15,20-21,25,29,36,38-39H,4,6-7,16-19,22-24H2,1-2H3. The fraction of sp³-hybridized carbons (Fsp3) is 0.400. The van der Waals surface area contributed by atoms with Crippen LogP contribution in [0.25, 0.3) is 11.1 Å². The Bertz CT molecular complexity index is 1450. The summed E-state index contributed by atoms with van der Waals surface area (Å²) in [6.07, 6.45) is 5.04. The number of carbonyl (C=O) groups excluding carboxylic acids is 1. The Morgan fingerprint density at radius 2 is 1.76 bits per heavy atom.